The minimum absolute atomic E-state index is 0. The summed E-state index contributed by atoms with van der Waals surface area (Å²) < 4.78 is 0. The third-order valence-corrected chi connectivity index (χ3v) is 2.89. The van der Waals surface area contributed by atoms with Crippen molar-refractivity contribution in [3.63, 3.8) is 0 Å². The quantitative estimate of drug-likeness (QED) is 0.299. The van der Waals surface area contributed by atoms with Gasteiger partial charge in [0.15, 0.2) is 16.9 Å². The Morgan fingerprint density at radius 3 is 1.71 bits per heavy atom. The maximum Gasteiger partial charge on any atom is 1.00 e. The minimum atomic E-state index is -1.09. The number of nitrogens with zero attached hydrogens (tertiary/aromatic N) is 2. The van der Waals surface area contributed by atoms with E-state index in [-0.39, 0.29) is 109 Å². The number of hydrogen-bond acceptors (Lipinski definition) is 5. The third kappa shape index (κ3) is 4.97. The van der Waals surface area contributed by atoms with Gasteiger partial charge in [0.25, 0.3) is 0 Å². The maximum absolute atomic E-state index is 12.0. The van der Waals surface area contributed by atoms with Crippen LogP contribution in [0.3, 0.4) is 0 Å². The van der Waals surface area contributed by atoms with Crippen molar-refractivity contribution >= 4 is 5.78 Å². The van der Waals surface area contributed by atoms with Gasteiger partial charge in [-0.15, -0.1) is 10.6 Å². The molecule has 0 aromatic rings. The zero-order chi connectivity index (χ0) is 11.5. The van der Waals surface area contributed by atoms with Gasteiger partial charge in [-0.05, 0) is 43.3 Å². The van der Waals surface area contributed by atoms with Crippen LogP contribution in [0.25, 0.3) is 0 Å². The molecule has 9 heteroatoms. The fourth-order valence-electron chi connectivity index (χ4n) is 2.00. The van der Waals surface area contributed by atoms with E-state index in [9.17, 15) is 15.2 Å². The van der Waals surface area contributed by atoms with Crippen molar-refractivity contribution in [2.45, 2.75) is 44.2 Å². The largest absolute Gasteiger partial charge is 1.00 e. The van der Waals surface area contributed by atoms with Crippen molar-refractivity contribution in [1.29, 1.82) is 0 Å². The molecule has 1 aliphatic rings. The topological polar surface area (TPSA) is 116 Å². The summed E-state index contributed by atoms with van der Waals surface area (Å²) in [5.41, 5.74) is -2.18. The summed E-state index contributed by atoms with van der Waals surface area (Å²) >= 11 is 0. The van der Waals surface area contributed by atoms with Crippen molar-refractivity contribution in [3.05, 3.63) is 10.4 Å². The predicted octanol–water partition coefficient (Wildman–Crippen LogP) is -7.67. The van der Waals surface area contributed by atoms with E-state index in [1.54, 1.807) is 13.8 Å². The Bertz CT molecular complexity index is 298. The van der Waals surface area contributed by atoms with Gasteiger partial charge in [-0.2, -0.15) is 0 Å². The van der Waals surface area contributed by atoms with Crippen molar-refractivity contribution < 1.29 is 118 Å². The number of hydrogen-bond donors (Lipinski definition) is 2. The Hall–Kier alpha value is 1.74. The summed E-state index contributed by atoms with van der Waals surface area (Å²) in [6, 6.07) is 0. The van der Waals surface area contributed by atoms with E-state index in [1.807, 2.05) is 0 Å². The molecule has 2 atom stereocenters. The second-order valence-electron chi connectivity index (χ2n) is 4.14. The molecule has 17 heavy (non-hydrogen) atoms. The zero-order valence-electron chi connectivity index (χ0n) is 10.7. The Kier molecular flexibility index (Phi) is 10.9. The normalized spacial score (nSPS) is 33.4. The standard InChI is InChI=1S/C8H14N4O3.2K/c1-7(9-11-14)4-3-5-8(2,6(7)13)10-12-15;;/h11-12H,3-5H2,1-2H3;;/q;2*+1/t7-,8-;;/m0../s1. The molecule has 0 aromatic carbocycles. The molecule has 0 bridgehead atoms. The molecule has 1 rings (SSSR count). The summed E-state index contributed by atoms with van der Waals surface area (Å²) in [6.45, 7) is 3.13. The molecule has 0 heterocycles. The molecule has 0 saturated heterocycles. The van der Waals surface area contributed by atoms with Gasteiger partial charge in [-0.3, -0.25) is 4.79 Å². The molecule has 7 nitrogen and oxygen atoms in total. The molecule has 0 aromatic heterocycles. The van der Waals surface area contributed by atoms with Crippen LogP contribution < -0.4 is 113 Å². The van der Waals surface area contributed by atoms with Crippen LogP contribution in [0.4, 0.5) is 0 Å². The van der Waals surface area contributed by atoms with Crippen molar-refractivity contribution in [2.24, 2.45) is 10.2 Å². The van der Waals surface area contributed by atoms with Crippen LogP contribution >= 0.6 is 0 Å². The van der Waals surface area contributed by atoms with E-state index in [2.05, 4.69) is 10.2 Å². The van der Waals surface area contributed by atoms with E-state index in [1.165, 1.54) is 10.6 Å². The minimum Gasteiger partial charge on any atom is -0.602 e. The number of rotatable bonds is 2. The average molecular weight is 292 g/mol. The summed E-state index contributed by atoms with van der Waals surface area (Å²) in [4.78, 5) is 12.0. The van der Waals surface area contributed by atoms with Gasteiger partial charge in [0.2, 0.25) is 0 Å². The molecule has 0 spiro atoms. The monoisotopic (exact) mass is 292 g/mol. The van der Waals surface area contributed by atoms with Gasteiger partial charge in [-0.25, -0.2) is 0 Å². The van der Waals surface area contributed by atoms with Crippen LogP contribution in [0.15, 0.2) is 10.2 Å². The summed E-state index contributed by atoms with van der Waals surface area (Å²) in [7, 11) is 0. The zero-order valence-corrected chi connectivity index (χ0v) is 17.0. The van der Waals surface area contributed by atoms with Crippen LogP contribution in [0.2, 0.25) is 0 Å². The summed E-state index contributed by atoms with van der Waals surface area (Å²) in [5.74, 6) is -0.312. The van der Waals surface area contributed by atoms with Crippen LogP contribution in [0, 0.1) is 10.4 Å². The van der Waals surface area contributed by atoms with Crippen LogP contribution in [0.5, 0.6) is 0 Å². The van der Waals surface area contributed by atoms with Crippen LogP contribution in [-0.4, -0.2) is 16.9 Å². The first-order valence-electron chi connectivity index (χ1n) is 4.71. The summed E-state index contributed by atoms with van der Waals surface area (Å²) in [5, 5.41) is 30.3. The number of carbonyl (C=O) groups is 1. The number of carbonyl (C=O) groups excluding carboxylic acids is 1. The third-order valence-electron chi connectivity index (χ3n) is 2.89. The maximum atomic E-state index is 12.0. The predicted molar refractivity (Wildman–Crippen MR) is 49.2 cm³/mol. The second-order valence-corrected chi connectivity index (χ2v) is 4.14. The fraction of sp³-hybridized carbons (Fsp3) is 0.875. The molecule has 2 N–H and O–H groups in total. The van der Waals surface area contributed by atoms with Gasteiger partial charge in [0, 0.05) is 0 Å². The van der Waals surface area contributed by atoms with Crippen LogP contribution in [-0.2, 0) is 4.79 Å². The Morgan fingerprint density at radius 2 is 1.41 bits per heavy atom. The molecule has 0 radical (unpaired) electrons. The van der Waals surface area contributed by atoms with Crippen molar-refractivity contribution in [2.75, 3.05) is 0 Å². The average Bonchev–Trinajstić information content (AvgIpc) is 2.15. The van der Waals surface area contributed by atoms with E-state index in [0.717, 1.165) is 0 Å². The molecular weight excluding hydrogens is 278 g/mol. The van der Waals surface area contributed by atoms with Gasteiger partial charge in [-0.1, -0.05) is 0 Å². The molecule has 1 saturated carbocycles. The molecule has 0 unspecified atom stereocenters. The van der Waals surface area contributed by atoms with Crippen molar-refractivity contribution in [3.8, 4) is 0 Å². The SMILES string of the molecule is C[C@]1(N=[NH+][O-])CCC[C@](C)(N=[NH+][O-])C1=O.[K+].[K+]. The van der Waals surface area contributed by atoms with Gasteiger partial charge < -0.3 is 10.4 Å². The van der Waals surface area contributed by atoms with E-state index >= 15 is 0 Å². The van der Waals surface area contributed by atoms with E-state index in [4.69, 9.17) is 0 Å². The molecule has 0 aliphatic heterocycles. The Morgan fingerprint density at radius 1 is 1.06 bits per heavy atom. The molecular formula is C8H14K2N4O3+2. The fourth-order valence-corrected chi connectivity index (χ4v) is 2.00. The number of ketones is 1. The van der Waals surface area contributed by atoms with Gasteiger partial charge in [0.05, 0.1) is 0 Å². The Balaban J connectivity index is 0. The van der Waals surface area contributed by atoms with E-state index < -0.39 is 11.1 Å². The summed E-state index contributed by atoms with van der Waals surface area (Å²) in [6.07, 6.45) is 1.67. The van der Waals surface area contributed by atoms with Gasteiger partial charge >= 0.3 is 103 Å². The first-order valence-corrected chi connectivity index (χ1v) is 4.71. The number of Topliss-reactive ketones (excluding diaryl/α,β-unsaturated/α-hetero) is 1. The van der Waals surface area contributed by atoms with Gasteiger partial charge in [0.1, 0.15) is 0 Å². The molecule has 1 fully saturated rings. The van der Waals surface area contributed by atoms with Crippen molar-refractivity contribution in [1.82, 2.24) is 0 Å². The van der Waals surface area contributed by atoms with E-state index in [0.29, 0.717) is 19.3 Å². The second kappa shape index (κ2) is 8.82. The first-order chi connectivity index (χ1) is 6.98. The Labute approximate surface area is 185 Å². The van der Waals surface area contributed by atoms with Crippen LogP contribution in [0.1, 0.15) is 33.1 Å². The molecule has 84 valence electrons. The molecule has 1 aliphatic carbocycles. The number of nitrogens with one attached hydrogen (secondary N) is 2. The smallest absolute Gasteiger partial charge is 0.602 e. The molecule has 0 amide bonds. The first kappa shape index (κ1) is 21.0.